The minimum Gasteiger partial charge on any atom is -0.475 e. The summed E-state index contributed by atoms with van der Waals surface area (Å²) in [5.74, 6) is -3.53. The quantitative estimate of drug-likeness (QED) is 0.419. The first-order chi connectivity index (χ1) is 15.0. The lowest BCUT2D eigenvalue weighted by molar-refractivity contribution is -0.192. The molecule has 4 rings (SSSR count). The second kappa shape index (κ2) is 9.13. The standard InChI is InChI=1S/C19H16BrN3O2.C2HF3O2/c1-23-9-11-2-4-14(6-12(11)10-23)21-8-17-16-7-13(20)3-5-15(16)18(24)22-19(17)25;3-2(4,5)1(6)7/h2-8,21H,9-10H2,1H3,(H,22,24,25);(H,6,7)/b17-8-;. The van der Waals surface area contributed by atoms with E-state index in [2.05, 4.69) is 50.6 Å². The molecule has 0 spiro atoms. The van der Waals surface area contributed by atoms with Gasteiger partial charge in [-0.3, -0.25) is 19.8 Å². The number of carboxylic acid groups (broad SMARTS) is 1. The average Bonchev–Trinajstić information content (AvgIpc) is 3.06. The molecular formula is C21H17BrF3N3O4. The number of imide groups is 1. The van der Waals surface area contributed by atoms with E-state index in [0.717, 1.165) is 23.2 Å². The molecule has 11 heteroatoms. The molecule has 0 bridgehead atoms. The largest absolute Gasteiger partial charge is 0.490 e. The number of carboxylic acids is 1. The molecule has 168 valence electrons. The van der Waals surface area contributed by atoms with Gasteiger partial charge in [0.05, 0.1) is 5.57 Å². The number of aliphatic carboxylic acids is 1. The monoisotopic (exact) mass is 511 g/mol. The molecule has 2 amide bonds. The van der Waals surface area contributed by atoms with Crippen LogP contribution >= 0.6 is 15.9 Å². The number of nitrogens with zero attached hydrogens (tertiary/aromatic N) is 1. The summed E-state index contributed by atoms with van der Waals surface area (Å²) in [4.78, 5) is 35.4. The highest BCUT2D eigenvalue weighted by molar-refractivity contribution is 9.10. The van der Waals surface area contributed by atoms with Crippen molar-refractivity contribution < 1.29 is 32.7 Å². The molecule has 0 saturated heterocycles. The van der Waals surface area contributed by atoms with Crippen molar-refractivity contribution in [2.24, 2.45) is 0 Å². The Labute approximate surface area is 189 Å². The summed E-state index contributed by atoms with van der Waals surface area (Å²) in [6.07, 6.45) is -3.42. The van der Waals surface area contributed by atoms with Crippen molar-refractivity contribution in [2.45, 2.75) is 19.3 Å². The van der Waals surface area contributed by atoms with E-state index in [1.807, 2.05) is 6.07 Å². The van der Waals surface area contributed by atoms with Crippen LogP contribution in [0.5, 0.6) is 0 Å². The number of carbonyl (C=O) groups is 3. The highest BCUT2D eigenvalue weighted by Gasteiger charge is 2.38. The van der Waals surface area contributed by atoms with Crippen LogP contribution in [0.2, 0.25) is 0 Å². The van der Waals surface area contributed by atoms with Gasteiger partial charge in [-0.2, -0.15) is 13.2 Å². The van der Waals surface area contributed by atoms with Crippen molar-refractivity contribution in [1.82, 2.24) is 10.2 Å². The number of carbonyl (C=O) groups excluding carboxylic acids is 2. The third kappa shape index (κ3) is 5.35. The molecule has 0 radical (unpaired) electrons. The molecular weight excluding hydrogens is 495 g/mol. The van der Waals surface area contributed by atoms with Crippen molar-refractivity contribution in [1.29, 1.82) is 0 Å². The number of hydrogen-bond acceptors (Lipinski definition) is 5. The summed E-state index contributed by atoms with van der Waals surface area (Å²) in [7, 11) is 2.09. The van der Waals surface area contributed by atoms with Crippen molar-refractivity contribution in [2.75, 3.05) is 12.4 Å². The lowest BCUT2D eigenvalue weighted by atomic mass is 9.95. The number of benzene rings is 2. The first kappa shape index (κ1) is 23.5. The van der Waals surface area contributed by atoms with E-state index in [4.69, 9.17) is 9.90 Å². The number of fused-ring (bicyclic) bond motifs is 2. The fourth-order valence-electron chi connectivity index (χ4n) is 3.25. The number of hydrogen-bond donors (Lipinski definition) is 3. The molecule has 0 atom stereocenters. The summed E-state index contributed by atoms with van der Waals surface area (Å²) in [6, 6.07) is 11.5. The Morgan fingerprint density at radius 1 is 1.09 bits per heavy atom. The molecule has 0 fully saturated rings. The van der Waals surface area contributed by atoms with Crippen molar-refractivity contribution in [3.05, 3.63) is 69.3 Å². The van der Waals surface area contributed by atoms with Gasteiger partial charge >= 0.3 is 12.1 Å². The third-order valence-electron chi connectivity index (χ3n) is 4.70. The van der Waals surface area contributed by atoms with Gasteiger partial charge in [-0.1, -0.05) is 22.0 Å². The lowest BCUT2D eigenvalue weighted by Crippen LogP contribution is -2.36. The first-order valence-corrected chi connectivity index (χ1v) is 9.98. The number of nitrogens with one attached hydrogen (secondary N) is 2. The Bertz CT molecular complexity index is 1130. The normalized spacial score (nSPS) is 16.6. The molecule has 2 aliphatic heterocycles. The van der Waals surface area contributed by atoms with Crippen molar-refractivity contribution in [3.63, 3.8) is 0 Å². The van der Waals surface area contributed by atoms with E-state index in [1.54, 1.807) is 24.4 Å². The number of halogens is 4. The van der Waals surface area contributed by atoms with Crippen LogP contribution < -0.4 is 10.6 Å². The summed E-state index contributed by atoms with van der Waals surface area (Å²) >= 11 is 3.40. The summed E-state index contributed by atoms with van der Waals surface area (Å²) in [6.45, 7) is 1.88. The molecule has 2 aliphatic rings. The Hall–Kier alpha value is -3.18. The van der Waals surface area contributed by atoms with Gasteiger partial charge in [-0.05, 0) is 48.5 Å². The number of anilines is 1. The Kier molecular flexibility index (Phi) is 6.70. The number of alkyl halides is 3. The fraction of sp³-hybridized carbons (Fsp3) is 0.190. The highest BCUT2D eigenvalue weighted by atomic mass is 79.9. The second-order valence-electron chi connectivity index (χ2n) is 7.13. The van der Waals surface area contributed by atoms with E-state index < -0.39 is 18.1 Å². The Morgan fingerprint density at radius 2 is 1.75 bits per heavy atom. The van der Waals surface area contributed by atoms with E-state index in [0.29, 0.717) is 16.7 Å². The maximum atomic E-state index is 12.3. The predicted octanol–water partition coefficient (Wildman–Crippen LogP) is 3.75. The molecule has 2 heterocycles. The molecule has 0 unspecified atom stereocenters. The van der Waals surface area contributed by atoms with Crippen LogP contribution in [0, 0.1) is 0 Å². The molecule has 7 nitrogen and oxygen atoms in total. The summed E-state index contributed by atoms with van der Waals surface area (Å²) in [5.41, 5.74) is 5.09. The van der Waals surface area contributed by atoms with E-state index >= 15 is 0 Å². The summed E-state index contributed by atoms with van der Waals surface area (Å²) in [5, 5.41) is 12.7. The Balaban J connectivity index is 0.000000360. The van der Waals surface area contributed by atoms with Gasteiger partial charge in [0.1, 0.15) is 0 Å². The smallest absolute Gasteiger partial charge is 0.475 e. The van der Waals surface area contributed by atoms with Crippen molar-refractivity contribution in [3.8, 4) is 0 Å². The van der Waals surface area contributed by atoms with Gasteiger partial charge < -0.3 is 10.4 Å². The van der Waals surface area contributed by atoms with E-state index in [-0.39, 0.29) is 5.91 Å². The molecule has 2 aromatic carbocycles. The van der Waals surface area contributed by atoms with Gasteiger partial charge in [0.2, 0.25) is 0 Å². The number of rotatable bonds is 2. The first-order valence-electron chi connectivity index (χ1n) is 9.18. The third-order valence-corrected chi connectivity index (χ3v) is 5.19. The van der Waals surface area contributed by atoms with Crippen LogP contribution in [0.25, 0.3) is 5.57 Å². The summed E-state index contributed by atoms with van der Waals surface area (Å²) < 4.78 is 32.6. The SMILES string of the molecule is CN1Cc2ccc(N/C=C3\C(=O)NC(=O)c4ccc(Br)cc43)cc2C1.O=C(O)C(F)(F)F. The van der Waals surface area contributed by atoms with Crippen LogP contribution in [0.4, 0.5) is 18.9 Å². The lowest BCUT2D eigenvalue weighted by Gasteiger charge is -2.18. The van der Waals surface area contributed by atoms with Gasteiger partial charge in [0, 0.05) is 40.6 Å². The van der Waals surface area contributed by atoms with Crippen LogP contribution in [0.15, 0.2) is 47.1 Å². The molecule has 3 N–H and O–H groups in total. The topological polar surface area (TPSA) is 98.7 Å². The fourth-order valence-corrected chi connectivity index (χ4v) is 3.61. The zero-order valence-electron chi connectivity index (χ0n) is 16.6. The maximum Gasteiger partial charge on any atom is 0.490 e. The van der Waals surface area contributed by atoms with Gasteiger partial charge in [-0.15, -0.1) is 0 Å². The molecule has 0 aliphatic carbocycles. The van der Waals surface area contributed by atoms with Crippen molar-refractivity contribution >= 4 is 45.0 Å². The van der Waals surface area contributed by atoms with Crippen LogP contribution in [0.3, 0.4) is 0 Å². The Morgan fingerprint density at radius 3 is 2.41 bits per heavy atom. The molecule has 0 saturated carbocycles. The van der Waals surface area contributed by atoms with Crippen LogP contribution in [-0.4, -0.2) is 41.0 Å². The zero-order valence-corrected chi connectivity index (χ0v) is 18.2. The van der Waals surface area contributed by atoms with E-state index in [9.17, 15) is 22.8 Å². The van der Waals surface area contributed by atoms with Crippen LogP contribution in [-0.2, 0) is 22.7 Å². The van der Waals surface area contributed by atoms with Gasteiger partial charge in [0.15, 0.2) is 0 Å². The molecule has 2 aromatic rings. The molecule has 32 heavy (non-hydrogen) atoms. The minimum absolute atomic E-state index is 0.370. The number of amides is 2. The maximum absolute atomic E-state index is 12.3. The zero-order chi connectivity index (χ0) is 23.6. The van der Waals surface area contributed by atoms with Crippen LogP contribution in [0.1, 0.15) is 27.0 Å². The van der Waals surface area contributed by atoms with Gasteiger partial charge in [-0.25, -0.2) is 4.79 Å². The highest BCUT2D eigenvalue weighted by Crippen LogP contribution is 2.28. The average molecular weight is 512 g/mol. The van der Waals surface area contributed by atoms with E-state index in [1.165, 1.54) is 11.1 Å². The predicted molar refractivity (Wildman–Crippen MR) is 114 cm³/mol. The second-order valence-corrected chi connectivity index (χ2v) is 8.05. The molecule has 0 aromatic heterocycles. The van der Waals surface area contributed by atoms with Gasteiger partial charge in [0.25, 0.3) is 11.8 Å². The minimum atomic E-state index is -5.08.